The van der Waals surface area contributed by atoms with Crippen molar-refractivity contribution in [3.05, 3.63) is 28.2 Å². The number of benzene rings is 1. The summed E-state index contributed by atoms with van der Waals surface area (Å²) >= 11 is 3.35. The first kappa shape index (κ1) is 19.1. The number of carbonyl (C=O) groups excluding carboxylic acids is 2. The number of hydrogen-bond donors (Lipinski definition) is 2. The molecule has 0 aliphatic heterocycles. The summed E-state index contributed by atoms with van der Waals surface area (Å²) < 4.78 is 11.2. The Hall–Kier alpha value is -1.93. The fourth-order valence-corrected chi connectivity index (χ4v) is 2.00. The second-order valence-corrected chi connectivity index (χ2v) is 5.33. The number of ether oxygens (including phenoxy) is 2. The molecule has 2 amide bonds. The van der Waals surface area contributed by atoms with Gasteiger partial charge in [0.2, 0.25) is 0 Å². The van der Waals surface area contributed by atoms with E-state index in [-0.39, 0.29) is 0 Å². The molecule has 0 radical (unpaired) electrons. The highest BCUT2D eigenvalue weighted by atomic mass is 79.9. The van der Waals surface area contributed by atoms with Crippen LogP contribution in [-0.4, -0.2) is 44.9 Å². The molecule has 1 aromatic carbocycles. The van der Waals surface area contributed by atoms with Crippen LogP contribution in [0.15, 0.2) is 27.8 Å². The van der Waals surface area contributed by atoms with Gasteiger partial charge in [0.15, 0.2) is 0 Å². The molecule has 7 nitrogen and oxygen atoms in total. The second-order valence-electron chi connectivity index (χ2n) is 4.42. The third-order valence-electron chi connectivity index (χ3n) is 2.66. The highest BCUT2D eigenvalue weighted by Crippen LogP contribution is 2.21. The van der Waals surface area contributed by atoms with Crippen molar-refractivity contribution < 1.29 is 19.1 Å². The van der Waals surface area contributed by atoms with Crippen LogP contribution < -0.4 is 15.5 Å². The van der Waals surface area contributed by atoms with E-state index in [1.165, 1.54) is 6.21 Å². The van der Waals surface area contributed by atoms with Crippen LogP contribution in [0, 0.1) is 0 Å². The van der Waals surface area contributed by atoms with Crippen LogP contribution in [0.5, 0.6) is 5.75 Å². The molecule has 0 bridgehead atoms. The third-order valence-corrected chi connectivity index (χ3v) is 3.15. The van der Waals surface area contributed by atoms with E-state index in [1.807, 2.05) is 13.0 Å². The molecular weight excluding hydrogens is 366 g/mol. The van der Waals surface area contributed by atoms with E-state index in [1.54, 1.807) is 19.2 Å². The van der Waals surface area contributed by atoms with Crippen molar-refractivity contribution in [1.82, 2.24) is 10.7 Å². The van der Waals surface area contributed by atoms with Gasteiger partial charge in [-0.1, -0.05) is 15.9 Å². The average Bonchev–Trinajstić information content (AvgIpc) is 2.53. The number of nitrogens with one attached hydrogen (secondary N) is 2. The van der Waals surface area contributed by atoms with Gasteiger partial charge in [-0.2, -0.15) is 5.10 Å². The quantitative estimate of drug-likeness (QED) is 0.306. The summed E-state index contributed by atoms with van der Waals surface area (Å²) in [4.78, 5) is 23.1. The van der Waals surface area contributed by atoms with Crippen molar-refractivity contribution in [3.8, 4) is 5.75 Å². The monoisotopic (exact) mass is 385 g/mol. The van der Waals surface area contributed by atoms with Crippen molar-refractivity contribution in [1.29, 1.82) is 0 Å². The summed E-state index contributed by atoms with van der Waals surface area (Å²) in [6.07, 6.45) is 2.06. The zero-order valence-corrected chi connectivity index (χ0v) is 14.7. The summed E-state index contributed by atoms with van der Waals surface area (Å²) in [6.45, 7) is 3.27. The zero-order chi connectivity index (χ0) is 17.1. The Labute approximate surface area is 143 Å². The van der Waals surface area contributed by atoms with Gasteiger partial charge in [0.05, 0.1) is 12.8 Å². The van der Waals surface area contributed by atoms with E-state index < -0.39 is 11.8 Å². The van der Waals surface area contributed by atoms with E-state index >= 15 is 0 Å². The highest BCUT2D eigenvalue weighted by Gasteiger charge is 2.11. The Morgan fingerprint density at radius 3 is 2.83 bits per heavy atom. The number of methoxy groups -OCH3 is 1. The van der Waals surface area contributed by atoms with Crippen molar-refractivity contribution in [2.75, 3.05) is 26.9 Å². The smallest absolute Gasteiger partial charge is 0.329 e. The molecule has 0 aliphatic rings. The lowest BCUT2D eigenvalue weighted by molar-refractivity contribution is -0.139. The molecule has 8 heteroatoms. The molecule has 2 N–H and O–H groups in total. The first-order valence-electron chi connectivity index (χ1n) is 7.11. The lowest BCUT2D eigenvalue weighted by Crippen LogP contribution is -2.38. The maximum absolute atomic E-state index is 11.6. The normalized spacial score (nSPS) is 10.6. The maximum Gasteiger partial charge on any atom is 0.329 e. The molecule has 1 aromatic rings. The standard InChI is InChI=1S/C15H20BrN3O4/c1-3-23-13-6-5-12(16)9-11(13)10-18-19-15(21)14(20)17-7-4-8-22-2/h5-6,9-10H,3-4,7-8H2,1-2H3,(H,17,20)(H,19,21)/b18-10-. The van der Waals surface area contributed by atoms with Crippen LogP contribution in [0.4, 0.5) is 0 Å². The Morgan fingerprint density at radius 2 is 2.13 bits per heavy atom. The van der Waals surface area contributed by atoms with Crippen LogP contribution in [0.3, 0.4) is 0 Å². The summed E-state index contributed by atoms with van der Waals surface area (Å²) in [7, 11) is 1.57. The van der Waals surface area contributed by atoms with E-state index in [9.17, 15) is 9.59 Å². The summed E-state index contributed by atoms with van der Waals surface area (Å²) in [5.41, 5.74) is 2.86. The molecule has 0 fully saturated rings. The Morgan fingerprint density at radius 1 is 1.35 bits per heavy atom. The van der Waals surface area contributed by atoms with E-state index in [2.05, 4.69) is 31.8 Å². The van der Waals surface area contributed by atoms with Crippen molar-refractivity contribution in [3.63, 3.8) is 0 Å². The van der Waals surface area contributed by atoms with Gasteiger partial charge < -0.3 is 14.8 Å². The highest BCUT2D eigenvalue weighted by molar-refractivity contribution is 9.10. The molecule has 0 aromatic heterocycles. The predicted molar refractivity (Wildman–Crippen MR) is 90.6 cm³/mol. The van der Waals surface area contributed by atoms with Gasteiger partial charge >= 0.3 is 11.8 Å². The Balaban J connectivity index is 2.53. The number of carbonyl (C=O) groups is 2. The van der Waals surface area contributed by atoms with Crippen molar-refractivity contribution in [2.45, 2.75) is 13.3 Å². The minimum Gasteiger partial charge on any atom is -0.493 e. The predicted octanol–water partition coefficient (Wildman–Crippen LogP) is 1.45. The maximum atomic E-state index is 11.6. The number of hydrazone groups is 1. The number of amides is 2. The molecule has 0 aliphatic carbocycles. The van der Waals surface area contributed by atoms with Gasteiger partial charge in [0, 0.05) is 30.3 Å². The molecule has 0 atom stereocenters. The first-order chi connectivity index (χ1) is 11.1. The van der Waals surface area contributed by atoms with Crippen LogP contribution in [0.1, 0.15) is 18.9 Å². The first-order valence-corrected chi connectivity index (χ1v) is 7.90. The van der Waals surface area contributed by atoms with Gasteiger partial charge in [-0.15, -0.1) is 0 Å². The SMILES string of the molecule is CCOc1ccc(Br)cc1/C=N\NC(=O)C(=O)NCCCOC. The fourth-order valence-electron chi connectivity index (χ4n) is 1.62. The third kappa shape index (κ3) is 7.25. The molecule has 0 unspecified atom stereocenters. The number of nitrogens with zero attached hydrogens (tertiary/aromatic N) is 1. The summed E-state index contributed by atoms with van der Waals surface area (Å²) in [5.74, 6) is -0.929. The molecule has 0 saturated heterocycles. The van der Waals surface area contributed by atoms with Gasteiger partial charge in [0.1, 0.15) is 5.75 Å². The van der Waals surface area contributed by atoms with E-state index in [0.29, 0.717) is 37.5 Å². The lowest BCUT2D eigenvalue weighted by Gasteiger charge is -2.07. The molecule has 0 spiro atoms. The lowest BCUT2D eigenvalue weighted by atomic mass is 10.2. The molecule has 0 heterocycles. The topological polar surface area (TPSA) is 89.0 Å². The van der Waals surface area contributed by atoms with Gasteiger partial charge in [-0.3, -0.25) is 9.59 Å². The van der Waals surface area contributed by atoms with E-state index in [4.69, 9.17) is 9.47 Å². The number of hydrogen-bond acceptors (Lipinski definition) is 5. The minimum absolute atomic E-state index is 0.365. The van der Waals surface area contributed by atoms with Gasteiger partial charge in [0.25, 0.3) is 0 Å². The number of rotatable bonds is 8. The van der Waals surface area contributed by atoms with Crippen LogP contribution in [-0.2, 0) is 14.3 Å². The van der Waals surface area contributed by atoms with Crippen LogP contribution >= 0.6 is 15.9 Å². The van der Waals surface area contributed by atoms with Crippen LogP contribution in [0.25, 0.3) is 0 Å². The van der Waals surface area contributed by atoms with Crippen LogP contribution in [0.2, 0.25) is 0 Å². The second kappa shape index (κ2) is 10.7. The molecule has 126 valence electrons. The Bertz CT molecular complexity index is 564. The average molecular weight is 386 g/mol. The van der Waals surface area contributed by atoms with Gasteiger partial charge in [-0.05, 0) is 31.5 Å². The van der Waals surface area contributed by atoms with Crippen molar-refractivity contribution >= 4 is 34.0 Å². The summed E-state index contributed by atoms with van der Waals surface area (Å²) in [5, 5.41) is 6.25. The zero-order valence-electron chi connectivity index (χ0n) is 13.1. The Kier molecular flexibility index (Phi) is 8.93. The fraction of sp³-hybridized carbons (Fsp3) is 0.400. The molecule has 23 heavy (non-hydrogen) atoms. The van der Waals surface area contributed by atoms with E-state index in [0.717, 1.165) is 4.47 Å². The largest absolute Gasteiger partial charge is 0.493 e. The summed E-state index contributed by atoms with van der Waals surface area (Å²) in [6, 6.07) is 5.43. The number of halogens is 1. The van der Waals surface area contributed by atoms with Crippen molar-refractivity contribution in [2.24, 2.45) is 5.10 Å². The molecule has 1 rings (SSSR count). The molecular formula is C15H20BrN3O4. The minimum atomic E-state index is -0.827. The molecule has 0 saturated carbocycles. The van der Waals surface area contributed by atoms with Gasteiger partial charge in [-0.25, -0.2) is 5.43 Å².